The van der Waals surface area contributed by atoms with Gasteiger partial charge in [-0.05, 0) is 31.9 Å². The van der Waals surface area contributed by atoms with Gasteiger partial charge in [0, 0.05) is 29.5 Å². The van der Waals surface area contributed by atoms with Crippen LogP contribution in [0.2, 0.25) is 0 Å². The topological polar surface area (TPSA) is 20.3 Å². The second-order valence-electron chi connectivity index (χ2n) is 5.21. The number of hydrogen-bond donors (Lipinski definition) is 0. The van der Waals surface area contributed by atoms with E-state index in [4.69, 9.17) is 0 Å². The van der Waals surface area contributed by atoms with E-state index in [1.165, 1.54) is 19.3 Å². The van der Waals surface area contributed by atoms with Crippen molar-refractivity contribution in [1.82, 2.24) is 4.90 Å². The quantitative estimate of drug-likeness (QED) is 0.746. The van der Waals surface area contributed by atoms with Crippen molar-refractivity contribution < 1.29 is 4.79 Å². The molecule has 0 N–H and O–H groups in total. The Morgan fingerprint density at radius 3 is 2.72 bits per heavy atom. The molecule has 0 saturated heterocycles. The van der Waals surface area contributed by atoms with Gasteiger partial charge in [-0.25, -0.2) is 0 Å². The predicted molar refractivity (Wildman–Crippen MR) is 77.9 cm³/mol. The zero-order chi connectivity index (χ0) is 13.0. The second-order valence-corrected chi connectivity index (χ2v) is 6.07. The highest BCUT2D eigenvalue weighted by Gasteiger charge is 2.19. The van der Waals surface area contributed by atoms with Crippen molar-refractivity contribution in [1.29, 1.82) is 0 Å². The molecule has 3 heteroatoms. The molecule has 2 nitrogen and oxygen atoms in total. The first kappa shape index (κ1) is 13.8. The fourth-order valence-corrected chi connectivity index (χ4v) is 2.83. The monoisotopic (exact) mass is 309 g/mol. The van der Waals surface area contributed by atoms with E-state index in [2.05, 4.69) is 27.9 Å². The van der Waals surface area contributed by atoms with Gasteiger partial charge in [-0.2, -0.15) is 0 Å². The highest BCUT2D eigenvalue weighted by atomic mass is 79.9. The lowest BCUT2D eigenvalue weighted by Gasteiger charge is -2.30. The third-order valence-electron chi connectivity index (χ3n) is 3.69. The van der Waals surface area contributed by atoms with Crippen LogP contribution in [0.25, 0.3) is 0 Å². The molecule has 18 heavy (non-hydrogen) atoms. The van der Waals surface area contributed by atoms with Crippen LogP contribution in [-0.2, 0) is 0 Å². The highest BCUT2D eigenvalue weighted by molar-refractivity contribution is 9.10. The van der Waals surface area contributed by atoms with Crippen molar-refractivity contribution in [3.8, 4) is 0 Å². The van der Waals surface area contributed by atoms with Crippen molar-refractivity contribution >= 4 is 21.7 Å². The average Bonchev–Trinajstić information content (AvgIpc) is 2.31. The van der Waals surface area contributed by atoms with Crippen LogP contribution in [0.3, 0.4) is 0 Å². The summed E-state index contributed by atoms with van der Waals surface area (Å²) < 4.78 is 0.900. The molecule has 1 aromatic carbocycles. The molecule has 0 unspecified atom stereocenters. The Morgan fingerprint density at radius 1 is 1.39 bits per heavy atom. The highest BCUT2D eigenvalue weighted by Crippen LogP contribution is 2.26. The van der Waals surface area contributed by atoms with Gasteiger partial charge in [-0.3, -0.25) is 4.79 Å². The lowest BCUT2D eigenvalue weighted by Crippen LogP contribution is -2.31. The van der Waals surface area contributed by atoms with Gasteiger partial charge < -0.3 is 4.90 Å². The van der Waals surface area contributed by atoms with Crippen molar-refractivity contribution in [2.75, 3.05) is 20.1 Å². The Balaban J connectivity index is 1.79. The molecular weight excluding hydrogens is 290 g/mol. The van der Waals surface area contributed by atoms with Crippen LogP contribution in [0.4, 0.5) is 0 Å². The summed E-state index contributed by atoms with van der Waals surface area (Å²) in [7, 11) is 2.12. The van der Waals surface area contributed by atoms with Crippen molar-refractivity contribution in [3.05, 3.63) is 34.3 Å². The minimum Gasteiger partial charge on any atom is -0.306 e. The minimum atomic E-state index is 0.225. The summed E-state index contributed by atoms with van der Waals surface area (Å²) in [5.41, 5.74) is 0.801. The molecule has 0 bridgehead atoms. The van der Waals surface area contributed by atoms with Crippen molar-refractivity contribution in [3.63, 3.8) is 0 Å². The smallest absolute Gasteiger partial charge is 0.165 e. The van der Waals surface area contributed by atoms with E-state index < -0.39 is 0 Å². The standard InChI is InChI=1S/C15H20BrNO/c1-17(11-12-5-4-6-12)10-9-15(18)13-7-2-3-8-14(13)16/h2-3,7-8,12H,4-6,9-11H2,1H3. The molecule has 98 valence electrons. The number of carbonyl (C=O) groups is 1. The van der Waals surface area contributed by atoms with E-state index in [1.54, 1.807) is 0 Å². The lowest BCUT2D eigenvalue weighted by molar-refractivity contribution is 0.0960. The molecule has 0 aliphatic heterocycles. The maximum atomic E-state index is 12.1. The van der Waals surface area contributed by atoms with E-state index in [0.29, 0.717) is 6.42 Å². The molecule has 0 spiro atoms. The molecule has 1 aliphatic rings. The van der Waals surface area contributed by atoms with E-state index in [-0.39, 0.29) is 5.78 Å². The number of benzene rings is 1. The first-order valence-electron chi connectivity index (χ1n) is 6.63. The SMILES string of the molecule is CN(CCC(=O)c1ccccc1Br)CC1CCC1. The molecule has 0 amide bonds. The largest absolute Gasteiger partial charge is 0.306 e. The van der Waals surface area contributed by atoms with Crippen LogP contribution in [0.15, 0.2) is 28.7 Å². The molecular formula is C15H20BrNO. The summed E-state index contributed by atoms with van der Waals surface area (Å²) in [6, 6.07) is 7.66. The van der Waals surface area contributed by atoms with Crippen LogP contribution in [0.1, 0.15) is 36.0 Å². The second kappa shape index (κ2) is 6.48. The van der Waals surface area contributed by atoms with E-state index in [1.807, 2.05) is 24.3 Å². The Morgan fingerprint density at radius 2 is 2.11 bits per heavy atom. The number of carbonyl (C=O) groups excluding carboxylic acids is 1. The van der Waals surface area contributed by atoms with Crippen LogP contribution in [0, 0.1) is 5.92 Å². The van der Waals surface area contributed by atoms with Gasteiger partial charge in [-0.15, -0.1) is 0 Å². The van der Waals surface area contributed by atoms with Gasteiger partial charge in [0.1, 0.15) is 0 Å². The normalized spacial score (nSPS) is 15.7. The third-order valence-corrected chi connectivity index (χ3v) is 4.38. The van der Waals surface area contributed by atoms with E-state index >= 15 is 0 Å². The van der Waals surface area contributed by atoms with Gasteiger partial charge in [0.05, 0.1) is 0 Å². The van der Waals surface area contributed by atoms with E-state index in [9.17, 15) is 4.79 Å². The molecule has 1 fully saturated rings. The molecule has 1 aromatic rings. The molecule has 0 atom stereocenters. The van der Waals surface area contributed by atoms with Gasteiger partial charge in [0.2, 0.25) is 0 Å². The molecule has 0 aromatic heterocycles. The number of ketones is 1. The Bertz CT molecular complexity index is 415. The Kier molecular flexibility index (Phi) is 4.95. The molecule has 2 rings (SSSR count). The van der Waals surface area contributed by atoms with Gasteiger partial charge in [0.15, 0.2) is 5.78 Å². The third kappa shape index (κ3) is 3.66. The maximum absolute atomic E-state index is 12.1. The summed E-state index contributed by atoms with van der Waals surface area (Å²) >= 11 is 3.43. The fraction of sp³-hybridized carbons (Fsp3) is 0.533. The van der Waals surface area contributed by atoms with Gasteiger partial charge in [-0.1, -0.05) is 40.5 Å². The van der Waals surface area contributed by atoms with Crippen LogP contribution in [0.5, 0.6) is 0 Å². The fourth-order valence-electron chi connectivity index (χ4n) is 2.32. The van der Waals surface area contributed by atoms with Crippen LogP contribution >= 0.6 is 15.9 Å². The summed E-state index contributed by atoms with van der Waals surface area (Å²) in [5, 5.41) is 0. The number of nitrogens with zero attached hydrogens (tertiary/aromatic N) is 1. The average molecular weight is 310 g/mol. The van der Waals surface area contributed by atoms with Crippen molar-refractivity contribution in [2.24, 2.45) is 5.92 Å². The van der Waals surface area contributed by atoms with Gasteiger partial charge in [0.25, 0.3) is 0 Å². The molecule has 0 radical (unpaired) electrons. The maximum Gasteiger partial charge on any atom is 0.165 e. The van der Waals surface area contributed by atoms with Crippen LogP contribution < -0.4 is 0 Å². The zero-order valence-corrected chi connectivity index (χ0v) is 12.4. The Hall–Kier alpha value is -0.670. The Labute approximate surface area is 117 Å². The number of Topliss-reactive ketones (excluding diaryl/α,β-unsaturated/α-hetero) is 1. The molecule has 1 aliphatic carbocycles. The number of halogens is 1. The summed E-state index contributed by atoms with van der Waals surface area (Å²) in [6.07, 6.45) is 4.71. The predicted octanol–water partition coefficient (Wildman–Crippen LogP) is 3.75. The molecule has 1 saturated carbocycles. The molecule has 0 heterocycles. The number of rotatable bonds is 6. The number of hydrogen-bond acceptors (Lipinski definition) is 2. The summed E-state index contributed by atoms with van der Waals surface area (Å²) in [6.45, 7) is 2.00. The van der Waals surface area contributed by atoms with E-state index in [0.717, 1.165) is 29.0 Å². The summed E-state index contributed by atoms with van der Waals surface area (Å²) in [4.78, 5) is 14.4. The van der Waals surface area contributed by atoms with Crippen LogP contribution in [-0.4, -0.2) is 30.8 Å². The van der Waals surface area contributed by atoms with Gasteiger partial charge >= 0.3 is 0 Å². The first-order valence-corrected chi connectivity index (χ1v) is 7.42. The van der Waals surface area contributed by atoms with Crippen molar-refractivity contribution in [2.45, 2.75) is 25.7 Å². The minimum absolute atomic E-state index is 0.225. The first-order chi connectivity index (χ1) is 8.66. The lowest BCUT2D eigenvalue weighted by atomic mass is 9.85. The summed E-state index contributed by atoms with van der Waals surface area (Å²) in [5.74, 6) is 1.09. The zero-order valence-electron chi connectivity index (χ0n) is 10.9.